The molecule has 0 aliphatic carbocycles. The highest BCUT2D eigenvalue weighted by Gasteiger charge is 2.06. The average molecular weight is 250 g/mol. The lowest BCUT2D eigenvalue weighted by molar-refractivity contribution is -0.137. The third-order valence-corrected chi connectivity index (χ3v) is 2.49. The number of unbranched alkanes of at least 4 members (excludes halogenated alkanes) is 1. The number of ether oxygens (including phenoxy) is 2. The molecule has 0 aromatic heterocycles. The van der Waals surface area contributed by atoms with E-state index < -0.39 is 5.97 Å². The second-order valence-corrected chi connectivity index (χ2v) is 3.77. The fourth-order valence-corrected chi connectivity index (χ4v) is 1.62. The van der Waals surface area contributed by atoms with Gasteiger partial charge in [0.15, 0.2) is 11.5 Å². The molecular weight excluding hydrogens is 232 g/mol. The van der Waals surface area contributed by atoms with E-state index in [0.717, 1.165) is 12.0 Å². The van der Waals surface area contributed by atoms with Crippen molar-refractivity contribution in [2.75, 3.05) is 14.2 Å². The average Bonchev–Trinajstić information content (AvgIpc) is 2.37. The summed E-state index contributed by atoms with van der Waals surface area (Å²) < 4.78 is 10.5. The standard InChI is InChI=1S/C14H18O4/c1-17-12-9-6-8-11(14(12)18-2)7-4-3-5-10-13(15)16/h4,6-9H,3,5,10H2,1-2H3,(H,15,16). The van der Waals surface area contributed by atoms with Crippen LogP contribution >= 0.6 is 0 Å². The second-order valence-electron chi connectivity index (χ2n) is 3.77. The molecule has 0 atom stereocenters. The van der Waals surface area contributed by atoms with Crippen LogP contribution in [0.25, 0.3) is 6.08 Å². The van der Waals surface area contributed by atoms with Crippen molar-refractivity contribution in [1.82, 2.24) is 0 Å². The topological polar surface area (TPSA) is 55.8 Å². The van der Waals surface area contributed by atoms with Gasteiger partial charge in [-0.25, -0.2) is 0 Å². The van der Waals surface area contributed by atoms with Gasteiger partial charge < -0.3 is 14.6 Å². The molecule has 0 fully saturated rings. The molecule has 1 aromatic carbocycles. The van der Waals surface area contributed by atoms with Crippen LogP contribution in [0.1, 0.15) is 24.8 Å². The fraction of sp³-hybridized carbons (Fsp3) is 0.357. The maximum atomic E-state index is 10.4. The van der Waals surface area contributed by atoms with E-state index in [-0.39, 0.29) is 6.42 Å². The number of carboxylic acids is 1. The van der Waals surface area contributed by atoms with E-state index in [0.29, 0.717) is 17.9 Å². The number of allylic oxidation sites excluding steroid dienone is 1. The Labute approximate surface area is 107 Å². The number of para-hydroxylation sites is 1. The van der Waals surface area contributed by atoms with Crippen LogP contribution in [0.2, 0.25) is 0 Å². The maximum Gasteiger partial charge on any atom is 0.303 e. The van der Waals surface area contributed by atoms with Crippen molar-refractivity contribution in [2.45, 2.75) is 19.3 Å². The minimum absolute atomic E-state index is 0.194. The Hall–Kier alpha value is -1.97. The quantitative estimate of drug-likeness (QED) is 0.756. The van der Waals surface area contributed by atoms with Gasteiger partial charge in [0.1, 0.15) is 0 Å². The van der Waals surface area contributed by atoms with Crippen LogP contribution < -0.4 is 9.47 Å². The predicted molar refractivity (Wildman–Crippen MR) is 70.1 cm³/mol. The SMILES string of the molecule is COc1cccc(C=CCCCC(=O)O)c1OC. The number of carboxylic acid groups (broad SMARTS) is 1. The summed E-state index contributed by atoms with van der Waals surface area (Å²) in [5, 5.41) is 8.52. The van der Waals surface area contributed by atoms with Crippen LogP contribution in [0.5, 0.6) is 11.5 Å². The summed E-state index contributed by atoms with van der Waals surface area (Å²) in [6, 6.07) is 5.65. The van der Waals surface area contributed by atoms with Gasteiger partial charge in [0.05, 0.1) is 14.2 Å². The lowest BCUT2D eigenvalue weighted by Crippen LogP contribution is -1.93. The summed E-state index contributed by atoms with van der Waals surface area (Å²) in [4.78, 5) is 10.4. The number of hydrogen-bond donors (Lipinski definition) is 1. The molecule has 18 heavy (non-hydrogen) atoms. The van der Waals surface area contributed by atoms with Gasteiger partial charge in [-0.1, -0.05) is 24.3 Å². The largest absolute Gasteiger partial charge is 0.493 e. The normalized spacial score (nSPS) is 10.6. The molecule has 1 aromatic rings. The molecule has 0 heterocycles. The highest BCUT2D eigenvalue weighted by molar-refractivity contribution is 5.66. The highest BCUT2D eigenvalue weighted by Crippen LogP contribution is 2.31. The van der Waals surface area contributed by atoms with Crippen LogP contribution in [0, 0.1) is 0 Å². The monoisotopic (exact) mass is 250 g/mol. The van der Waals surface area contributed by atoms with Gasteiger partial charge in [0.2, 0.25) is 0 Å². The predicted octanol–water partition coefficient (Wildman–Crippen LogP) is 2.97. The van der Waals surface area contributed by atoms with Gasteiger partial charge in [-0.2, -0.15) is 0 Å². The Balaban J connectivity index is 2.66. The number of methoxy groups -OCH3 is 2. The van der Waals surface area contributed by atoms with E-state index in [1.165, 1.54) is 0 Å². The number of hydrogen-bond acceptors (Lipinski definition) is 3. The molecule has 0 aliphatic rings. The molecular formula is C14H18O4. The molecule has 4 heteroatoms. The smallest absolute Gasteiger partial charge is 0.303 e. The lowest BCUT2D eigenvalue weighted by atomic mass is 10.1. The third-order valence-electron chi connectivity index (χ3n) is 2.49. The molecule has 0 unspecified atom stereocenters. The molecule has 0 saturated heterocycles. The van der Waals surface area contributed by atoms with E-state index in [2.05, 4.69) is 0 Å². The second kappa shape index (κ2) is 7.37. The van der Waals surface area contributed by atoms with Crippen LogP contribution in [0.4, 0.5) is 0 Å². The Morgan fingerprint density at radius 3 is 2.72 bits per heavy atom. The molecule has 1 rings (SSSR count). The maximum absolute atomic E-state index is 10.4. The molecule has 0 aliphatic heterocycles. The van der Waals surface area contributed by atoms with E-state index >= 15 is 0 Å². The van der Waals surface area contributed by atoms with Gasteiger partial charge >= 0.3 is 5.97 Å². The minimum Gasteiger partial charge on any atom is -0.493 e. The van der Waals surface area contributed by atoms with Gasteiger partial charge in [-0.05, 0) is 18.9 Å². The summed E-state index contributed by atoms with van der Waals surface area (Å²) in [5.41, 5.74) is 0.923. The number of carbonyl (C=O) groups is 1. The zero-order chi connectivity index (χ0) is 13.4. The molecule has 98 valence electrons. The number of benzene rings is 1. The summed E-state index contributed by atoms with van der Waals surface area (Å²) in [6.45, 7) is 0. The van der Waals surface area contributed by atoms with E-state index in [4.69, 9.17) is 14.6 Å². The van der Waals surface area contributed by atoms with Gasteiger partial charge in [0.25, 0.3) is 0 Å². The summed E-state index contributed by atoms with van der Waals surface area (Å²) in [6.07, 6.45) is 5.42. The third kappa shape index (κ3) is 4.13. The first-order chi connectivity index (χ1) is 8.69. The van der Waals surface area contributed by atoms with Crippen LogP contribution in [-0.4, -0.2) is 25.3 Å². The summed E-state index contributed by atoms with van der Waals surface area (Å²) >= 11 is 0. The van der Waals surface area contributed by atoms with Crippen molar-refractivity contribution in [3.63, 3.8) is 0 Å². The molecule has 0 bridgehead atoms. The lowest BCUT2D eigenvalue weighted by Gasteiger charge is -2.09. The van der Waals surface area contributed by atoms with Gasteiger partial charge in [0, 0.05) is 12.0 Å². The van der Waals surface area contributed by atoms with E-state index in [9.17, 15) is 4.79 Å². The molecule has 1 N–H and O–H groups in total. The van der Waals surface area contributed by atoms with Crippen molar-refractivity contribution in [2.24, 2.45) is 0 Å². The first-order valence-corrected chi connectivity index (χ1v) is 5.78. The van der Waals surface area contributed by atoms with E-state index in [1.54, 1.807) is 14.2 Å². The Morgan fingerprint density at radius 2 is 2.11 bits per heavy atom. The highest BCUT2D eigenvalue weighted by atomic mass is 16.5. The zero-order valence-corrected chi connectivity index (χ0v) is 10.7. The molecule has 0 amide bonds. The zero-order valence-electron chi connectivity index (χ0n) is 10.7. The van der Waals surface area contributed by atoms with Crippen molar-refractivity contribution in [3.8, 4) is 11.5 Å². The number of aliphatic carboxylic acids is 1. The number of rotatable bonds is 7. The van der Waals surface area contributed by atoms with Crippen LogP contribution in [0.15, 0.2) is 24.3 Å². The first kappa shape index (κ1) is 14.1. The van der Waals surface area contributed by atoms with Gasteiger partial charge in [-0.3, -0.25) is 4.79 Å². The Morgan fingerprint density at radius 1 is 1.33 bits per heavy atom. The minimum atomic E-state index is -0.762. The molecule has 0 saturated carbocycles. The van der Waals surface area contributed by atoms with Crippen molar-refractivity contribution < 1.29 is 19.4 Å². The van der Waals surface area contributed by atoms with Crippen LogP contribution in [0.3, 0.4) is 0 Å². The molecule has 0 radical (unpaired) electrons. The van der Waals surface area contributed by atoms with Gasteiger partial charge in [-0.15, -0.1) is 0 Å². The fourth-order valence-electron chi connectivity index (χ4n) is 1.62. The summed E-state index contributed by atoms with van der Waals surface area (Å²) in [7, 11) is 3.19. The Kier molecular flexibility index (Phi) is 5.77. The van der Waals surface area contributed by atoms with Crippen molar-refractivity contribution in [1.29, 1.82) is 0 Å². The van der Waals surface area contributed by atoms with E-state index in [1.807, 2.05) is 30.4 Å². The van der Waals surface area contributed by atoms with Crippen LogP contribution in [-0.2, 0) is 4.79 Å². The molecule has 4 nitrogen and oxygen atoms in total. The molecule has 0 spiro atoms. The Bertz CT molecular complexity index is 424. The summed E-state index contributed by atoms with van der Waals surface area (Å²) in [5.74, 6) is 0.613. The van der Waals surface area contributed by atoms with Crippen molar-refractivity contribution in [3.05, 3.63) is 29.8 Å². The first-order valence-electron chi connectivity index (χ1n) is 5.78. The van der Waals surface area contributed by atoms with Crippen molar-refractivity contribution >= 4 is 12.0 Å².